The first kappa shape index (κ1) is 15.5. The topological polar surface area (TPSA) is 89.5 Å². The van der Waals surface area contributed by atoms with Crippen LogP contribution in [0.15, 0.2) is 41.3 Å². The van der Waals surface area contributed by atoms with Crippen LogP contribution in [0.1, 0.15) is 0 Å². The van der Waals surface area contributed by atoms with Gasteiger partial charge in [0, 0.05) is 0 Å². The van der Waals surface area contributed by atoms with Crippen molar-refractivity contribution in [3.8, 4) is 5.75 Å². The van der Waals surface area contributed by atoms with Crippen molar-refractivity contribution in [3.63, 3.8) is 0 Å². The van der Waals surface area contributed by atoms with Crippen molar-refractivity contribution < 1.29 is 34.7 Å². The van der Waals surface area contributed by atoms with Gasteiger partial charge >= 0.3 is 12.1 Å². The van der Waals surface area contributed by atoms with E-state index in [1.165, 1.54) is 4.13 Å². The van der Waals surface area contributed by atoms with Crippen LogP contribution in [0.5, 0.6) is 5.75 Å². The fourth-order valence-corrected chi connectivity index (χ4v) is 2.68. The molecule has 0 amide bonds. The van der Waals surface area contributed by atoms with E-state index < -0.39 is 37.9 Å². The summed E-state index contributed by atoms with van der Waals surface area (Å²) in [5, 5.41) is 0. The first-order valence-electron chi connectivity index (χ1n) is 4.38. The van der Waals surface area contributed by atoms with Gasteiger partial charge in [-0.1, -0.05) is 0 Å². The summed E-state index contributed by atoms with van der Waals surface area (Å²) in [7, 11) is -7.65. The lowest BCUT2D eigenvalue weighted by molar-refractivity contribution is 0.241. The Bertz CT molecular complexity index is 654. The van der Waals surface area contributed by atoms with Gasteiger partial charge < -0.3 is 4.74 Å². The van der Waals surface area contributed by atoms with Crippen molar-refractivity contribution in [2.45, 2.75) is 4.90 Å². The van der Waals surface area contributed by atoms with Gasteiger partial charge in [-0.2, -0.15) is 13.2 Å². The second-order valence-corrected chi connectivity index (χ2v) is 5.68. The first-order chi connectivity index (χ1) is 8.72. The molecule has 1 rings (SSSR count). The minimum atomic E-state index is -4.28. The highest BCUT2D eigenvalue weighted by Crippen LogP contribution is 2.20. The standard InChI is InChI=1S/C8H6F3NO5S2/c9-7(10)8(11)17-5-1-3-6(4-2-5)19(15,16)12-18(13)14/h1-4,18H,(H,12,13,14). The molecule has 0 aliphatic carbocycles. The van der Waals surface area contributed by atoms with Crippen LogP contribution in [-0.2, 0) is 20.9 Å². The van der Waals surface area contributed by atoms with E-state index in [0.29, 0.717) is 0 Å². The summed E-state index contributed by atoms with van der Waals surface area (Å²) in [5.41, 5.74) is 0. The second-order valence-electron chi connectivity index (χ2n) is 2.96. The maximum Gasteiger partial charge on any atom is 0.344 e. The van der Waals surface area contributed by atoms with Gasteiger partial charge in [-0.3, -0.25) is 0 Å². The maximum absolute atomic E-state index is 12.4. The van der Waals surface area contributed by atoms with Crippen LogP contribution >= 0.6 is 0 Å². The molecule has 0 saturated carbocycles. The van der Waals surface area contributed by atoms with Crippen molar-refractivity contribution in [1.29, 1.82) is 0 Å². The van der Waals surface area contributed by atoms with Crippen molar-refractivity contribution in [2.24, 2.45) is 0 Å². The summed E-state index contributed by atoms with van der Waals surface area (Å²) in [4.78, 5) is -0.454. The molecule has 19 heavy (non-hydrogen) atoms. The Morgan fingerprint density at radius 1 is 1.11 bits per heavy atom. The third-order valence-electron chi connectivity index (χ3n) is 1.68. The molecule has 0 saturated heterocycles. The number of hydrogen-bond acceptors (Lipinski definition) is 5. The van der Waals surface area contributed by atoms with E-state index in [9.17, 15) is 30.0 Å². The van der Waals surface area contributed by atoms with Gasteiger partial charge in [0.05, 0.1) is 4.90 Å². The van der Waals surface area contributed by atoms with E-state index in [0.717, 1.165) is 24.3 Å². The van der Waals surface area contributed by atoms with E-state index in [1.807, 2.05) is 0 Å². The Kier molecular flexibility index (Phi) is 4.91. The average molecular weight is 317 g/mol. The van der Waals surface area contributed by atoms with Crippen LogP contribution in [0.3, 0.4) is 0 Å². The molecule has 11 heteroatoms. The lowest BCUT2D eigenvalue weighted by Crippen LogP contribution is -2.21. The van der Waals surface area contributed by atoms with Crippen LogP contribution in [0.25, 0.3) is 0 Å². The molecule has 1 N–H and O–H groups in total. The van der Waals surface area contributed by atoms with Gasteiger partial charge in [-0.15, -0.1) is 4.13 Å². The highest BCUT2D eigenvalue weighted by molar-refractivity contribution is 7.98. The van der Waals surface area contributed by atoms with Crippen molar-refractivity contribution in [3.05, 3.63) is 36.4 Å². The van der Waals surface area contributed by atoms with Crippen LogP contribution in [-0.4, -0.2) is 16.8 Å². The number of nitrogens with one attached hydrogen (secondary N) is 1. The molecule has 0 aliphatic heterocycles. The lowest BCUT2D eigenvalue weighted by atomic mass is 10.3. The lowest BCUT2D eigenvalue weighted by Gasteiger charge is -2.04. The quantitative estimate of drug-likeness (QED) is 0.622. The highest BCUT2D eigenvalue weighted by atomic mass is 32.3. The number of rotatable bonds is 5. The van der Waals surface area contributed by atoms with E-state index in [-0.39, 0.29) is 5.75 Å². The molecule has 6 nitrogen and oxygen atoms in total. The van der Waals surface area contributed by atoms with E-state index in [1.54, 1.807) is 0 Å². The summed E-state index contributed by atoms with van der Waals surface area (Å²) in [5.74, 6) is -0.379. The molecule has 1 aromatic rings. The monoisotopic (exact) mass is 317 g/mol. The zero-order valence-electron chi connectivity index (χ0n) is 8.84. The molecule has 0 heterocycles. The third-order valence-corrected chi connectivity index (χ3v) is 4.14. The normalized spacial score (nSPS) is 11.4. The number of thiol groups is 1. The van der Waals surface area contributed by atoms with Crippen LogP contribution < -0.4 is 8.86 Å². The highest BCUT2D eigenvalue weighted by Gasteiger charge is 2.15. The van der Waals surface area contributed by atoms with Crippen LogP contribution in [0, 0.1) is 0 Å². The third kappa shape index (κ3) is 4.54. The fraction of sp³-hybridized carbons (Fsp3) is 0. The van der Waals surface area contributed by atoms with Crippen LogP contribution in [0.2, 0.25) is 0 Å². The average Bonchev–Trinajstić information content (AvgIpc) is 2.27. The molecule has 1 aromatic carbocycles. The molecule has 106 valence electrons. The minimum absolute atomic E-state index is 0.379. The minimum Gasteiger partial charge on any atom is -0.428 e. The Labute approximate surface area is 107 Å². The van der Waals surface area contributed by atoms with Gasteiger partial charge in [0.15, 0.2) is 0 Å². The fourth-order valence-electron chi connectivity index (χ4n) is 0.980. The number of sulfonamides is 1. The predicted octanol–water partition coefficient (Wildman–Crippen LogP) is 0.905. The molecule has 0 spiro atoms. The summed E-state index contributed by atoms with van der Waals surface area (Å²) in [6.45, 7) is 0. The van der Waals surface area contributed by atoms with Gasteiger partial charge in [0.2, 0.25) is 10.9 Å². The van der Waals surface area contributed by atoms with Gasteiger partial charge in [0.25, 0.3) is 10.0 Å². The van der Waals surface area contributed by atoms with Crippen molar-refractivity contribution >= 4 is 20.9 Å². The molecule has 0 unspecified atom stereocenters. The zero-order chi connectivity index (χ0) is 14.6. The maximum atomic E-state index is 12.4. The summed E-state index contributed by atoms with van der Waals surface area (Å²) in [6.07, 6.45) is -2.67. The Morgan fingerprint density at radius 2 is 1.63 bits per heavy atom. The molecule has 0 radical (unpaired) electrons. The van der Waals surface area contributed by atoms with Gasteiger partial charge in [-0.25, -0.2) is 16.8 Å². The predicted molar refractivity (Wildman–Crippen MR) is 58.1 cm³/mol. The van der Waals surface area contributed by atoms with E-state index in [4.69, 9.17) is 0 Å². The smallest absolute Gasteiger partial charge is 0.344 e. The van der Waals surface area contributed by atoms with E-state index >= 15 is 0 Å². The molecule has 0 bridgehead atoms. The van der Waals surface area contributed by atoms with E-state index in [2.05, 4.69) is 4.74 Å². The largest absolute Gasteiger partial charge is 0.428 e. The van der Waals surface area contributed by atoms with Crippen LogP contribution in [0.4, 0.5) is 13.2 Å². The number of ether oxygens (including phenoxy) is 1. The molecular weight excluding hydrogens is 311 g/mol. The molecule has 0 fully saturated rings. The summed E-state index contributed by atoms with van der Waals surface area (Å²) >= 11 is 0. The molecule has 0 aliphatic rings. The SMILES string of the molecule is O=[SH](=O)NS(=O)(=O)c1ccc(OC(F)=C(F)F)cc1. The molecule has 0 atom stereocenters. The summed E-state index contributed by atoms with van der Waals surface area (Å²) in [6, 6.07) is 1.38. The zero-order valence-corrected chi connectivity index (χ0v) is 10.6. The number of hydrogen-bond donors (Lipinski definition) is 2. The van der Waals surface area contributed by atoms with Gasteiger partial charge in [-0.05, 0) is 24.3 Å². The number of benzene rings is 1. The second kappa shape index (κ2) is 6.04. The Hall–Kier alpha value is -1.59. The molecule has 0 aromatic heterocycles. The Balaban J connectivity index is 2.97. The van der Waals surface area contributed by atoms with Gasteiger partial charge in [0.1, 0.15) is 5.75 Å². The Morgan fingerprint density at radius 3 is 2.05 bits per heavy atom. The van der Waals surface area contributed by atoms with Crippen molar-refractivity contribution in [1.82, 2.24) is 4.13 Å². The number of halogens is 3. The molecular formula is C8H6F3NO5S2. The van der Waals surface area contributed by atoms with Crippen molar-refractivity contribution in [2.75, 3.05) is 0 Å². The first-order valence-corrected chi connectivity index (χ1v) is 7.04. The summed E-state index contributed by atoms with van der Waals surface area (Å²) < 4.78 is 84.4.